The Balaban J connectivity index is 1.30. The Morgan fingerprint density at radius 2 is 1.58 bits per heavy atom. The van der Waals surface area contributed by atoms with Gasteiger partial charge in [0, 0.05) is 68.9 Å². The minimum atomic E-state index is 0.602. The van der Waals surface area contributed by atoms with E-state index in [9.17, 15) is 0 Å². The van der Waals surface area contributed by atoms with Crippen molar-refractivity contribution in [3.8, 4) is 5.82 Å². The molecule has 2 unspecified atom stereocenters. The highest BCUT2D eigenvalue weighted by atomic mass is 79.9. The van der Waals surface area contributed by atoms with Gasteiger partial charge in [-0.1, -0.05) is 0 Å². The summed E-state index contributed by atoms with van der Waals surface area (Å²) in [6, 6.07) is 3.89. The van der Waals surface area contributed by atoms with Crippen LogP contribution in [-0.4, -0.2) is 55.9 Å². The smallest absolute Gasteiger partial charge is 0.225 e. The molecular formula is C17H17BrN8. The number of rotatable bonds is 3. The summed E-state index contributed by atoms with van der Waals surface area (Å²) in [4.78, 5) is 22.3. The third-order valence-electron chi connectivity index (χ3n) is 5.08. The molecule has 0 amide bonds. The summed E-state index contributed by atoms with van der Waals surface area (Å²) >= 11 is 3.39. The van der Waals surface area contributed by atoms with Crippen molar-refractivity contribution in [1.29, 1.82) is 0 Å². The average Bonchev–Trinajstić information content (AvgIpc) is 3.39. The van der Waals surface area contributed by atoms with Gasteiger partial charge in [0.25, 0.3) is 0 Å². The molecule has 8 nitrogen and oxygen atoms in total. The maximum atomic E-state index is 4.48. The lowest BCUT2D eigenvalue weighted by atomic mass is 10.0. The molecule has 0 bridgehead atoms. The normalized spacial score (nSPS) is 22.0. The monoisotopic (exact) mass is 412 g/mol. The lowest BCUT2D eigenvalue weighted by Crippen LogP contribution is -2.30. The Morgan fingerprint density at radius 3 is 2.27 bits per heavy atom. The van der Waals surface area contributed by atoms with Crippen molar-refractivity contribution in [1.82, 2.24) is 29.7 Å². The molecule has 132 valence electrons. The average molecular weight is 413 g/mol. The van der Waals surface area contributed by atoms with E-state index in [0.717, 1.165) is 48.2 Å². The van der Waals surface area contributed by atoms with Crippen LogP contribution in [-0.2, 0) is 0 Å². The van der Waals surface area contributed by atoms with Crippen molar-refractivity contribution in [2.45, 2.75) is 0 Å². The van der Waals surface area contributed by atoms with Gasteiger partial charge < -0.3 is 9.80 Å². The summed E-state index contributed by atoms with van der Waals surface area (Å²) in [6.45, 7) is 3.96. The van der Waals surface area contributed by atoms with Gasteiger partial charge in [0.2, 0.25) is 5.95 Å². The van der Waals surface area contributed by atoms with Crippen LogP contribution in [0.25, 0.3) is 5.82 Å². The third kappa shape index (κ3) is 2.82. The van der Waals surface area contributed by atoms with E-state index in [4.69, 9.17) is 0 Å². The Kier molecular flexibility index (Phi) is 3.81. The summed E-state index contributed by atoms with van der Waals surface area (Å²) in [5.41, 5.74) is 0. The van der Waals surface area contributed by atoms with Gasteiger partial charge in [-0.25, -0.2) is 24.6 Å². The van der Waals surface area contributed by atoms with Gasteiger partial charge in [-0.2, -0.15) is 5.10 Å². The molecule has 0 radical (unpaired) electrons. The molecular weight excluding hydrogens is 396 g/mol. The number of fused-ring (bicyclic) bond motifs is 1. The van der Waals surface area contributed by atoms with Crippen molar-refractivity contribution >= 4 is 27.7 Å². The number of hydrogen-bond acceptors (Lipinski definition) is 7. The molecule has 5 rings (SSSR count). The first-order valence-electron chi connectivity index (χ1n) is 8.56. The van der Waals surface area contributed by atoms with Gasteiger partial charge in [-0.05, 0) is 22.0 Å². The minimum absolute atomic E-state index is 0.602. The first kappa shape index (κ1) is 15.7. The fourth-order valence-corrected chi connectivity index (χ4v) is 4.06. The Hall–Kier alpha value is -2.55. The van der Waals surface area contributed by atoms with Gasteiger partial charge in [0.1, 0.15) is 12.1 Å². The molecule has 0 saturated carbocycles. The quantitative estimate of drug-likeness (QED) is 0.648. The number of aromatic nitrogens is 6. The van der Waals surface area contributed by atoms with Crippen LogP contribution in [0.4, 0.5) is 11.8 Å². The van der Waals surface area contributed by atoms with Crippen LogP contribution in [0.5, 0.6) is 0 Å². The summed E-state index contributed by atoms with van der Waals surface area (Å²) in [5.74, 6) is 3.78. The predicted molar refractivity (Wildman–Crippen MR) is 100 cm³/mol. The summed E-state index contributed by atoms with van der Waals surface area (Å²) < 4.78 is 2.66. The highest BCUT2D eigenvalue weighted by molar-refractivity contribution is 9.10. The molecule has 9 heteroatoms. The van der Waals surface area contributed by atoms with E-state index < -0.39 is 0 Å². The molecule has 2 atom stereocenters. The number of anilines is 2. The molecule has 0 aromatic carbocycles. The van der Waals surface area contributed by atoms with E-state index in [1.54, 1.807) is 29.6 Å². The zero-order chi connectivity index (χ0) is 17.5. The molecule has 2 aliphatic rings. The SMILES string of the molecule is Brc1cnc(N2CC3CN(c4cc(-n5cccn5)ncn4)CC3C2)nc1. The van der Waals surface area contributed by atoms with E-state index in [-0.39, 0.29) is 0 Å². The number of halogens is 1. The fraction of sp³-hybridized carbons (Fsp3) is 0.353. The second-order valence-electron chi connectivity index (χ2n) is 6.72. The molecule has 3 aromatic rings. The van der Waals surface area contributed by atoms with Crippen LogP contribution in [0.15, 0.2) is 47.7 Å². The summed E-state index contributed by atoms with van der Waals surface area (Å²) in [5, 5.41) is 4.25. The van der Waals surface area contributed by atoms with Crippen molar-refractivity contribution in [3.05, 3.63) is 47.7 Å². The van der Waals surface area contributed by atoms with E-state index >= 15 is 0 Å². The minimum Gasteiger partial charge on any atom is -0.356 e. The van der Waals surface area contributed by atoms with Crippen LogP contribution < -0.4 is 9.80 Å². The zero-order valence-electron chi connectivity index (χ0n) is 14.0. The second kappa shape index (κ2) is 6.31. The maximum absolute atomic E-state index is 4.48. The van der Waals surface area contributed by atoms with Crippen LogP contribution in [0.3, 0.4) is 0 Å². The maximum Gasteiger partial charge on any atom is 0.225 e. The first-order chi connectivity index (χ1) is 12.8. The van der Waals surface area contributed by atoms with E-state index in [1.807, 2.05) is 18.3 Å². The van der Waals surface area contributed by atoms with E-state index in [2.05, 4.69) is 50.8 Å². The number of nitrogens with zero attached hydrogens (tertiary/aromatic N) is 8. The van der Waals surface area contributed by atoms with Crippen molar-refractivity contribution in [2.75, 3.05) is 36.0 Å². The predicted octanol–water partition coefficient (Wildman–Crippen LogP) is 1.79. The Morgan fingerprint density at radius 1 is 0.885 bits per heavy atom. The van der Waals surface area contributed by atoms with Gasteiger partial charge in [-0.15, -0.1) is 0 Å². The van der Waals surface area contributed by atoms with Gasteiger partial charge in [0.15, 0.2) is 5.82 Å². The Bertz CT molecular complexity index is 883. The molecule has 2 aliphatic heterocycles. The van der Waals surface area contributed by atoms with Gasteiger partial charge in [0.05, 0.1) is 4.47 Å². The first-order valence-corrected chi connectivity index (χ1v) is 9.35. The topological polar surface area (TPSA) is 75.9 Å². The molecule has 0 aliphatic carbocycles. The lowest BCUT2D eigenvalue weighted by molar-refractivity contribution is 0.533. The van der Waals surface area contributed by atoms with E-state index in [0.29, 0.717) is 11.8 Å². The largest absolute Gasteiger partial charge is 0.356 e. The molecule has 26 heavy (non-hydrogen) atoms. The lowest BCUT2D eigenvalue weighted by Gasteiger charge is -2.22. The highest BCUT2D eigenvalue weighted by Gasteiger charge is 2.41. The van der Waals surface area contributed by atoms with Crippen molar-refractivity contribution in [2.24, 2.45) is 11.8 Å². The van der Waals surface area contributed by atoms with Crippen LogP contribution >= 0.6 is 15.9 Å². The molecule has 2 fully saturated rings. The third-order valence-corrected chi connectivity index (χ3v) is 5.49. The van der Waals surface area contributed by atoms with Gasteiger partial charge in [-0.3, -0.25) is 0 Å². The number of hydrogen-bond donors (Lipinski definition) is 0. The molecule has 5 heterocycles. The van der Waals surface area contributed by atoms with Crippen LogP contribution in [0, 0.1) is 11.8 Å². The summed E-state index contributed by atoms with van der Waals surface area (Å²) in [7, 11) is 0. The fourth-order valence-electron chi connectivity index (χ4n) is 3.85. The van der Waals surface area contributed by atoms with Crippen LogP contribution in [0.1, 0.15) is 0 Å². The Labute approximate surface area is 159 Å². The molecule has 3 aromatic heterocycles. The summed E-state index contributed by atoms with van der Waals surface area (Å²) in [6.07, 6.45) is 8.87. The molecule has 0 N–H and O–H groups in total. The zero-order valence-corrected chi connectivity index (χ0v) is 15.6. The standard InChI is InChI=1S/C17H17BrN8/c18-14-5-19-17(20-6-14)25-9-12-7-24(8-13(12)10-25)15-4-16(22-11-21-15)26-3-1-2-23-26/h1-6,11-13H,7-10H2. The molecule has 0 spiro atoms. The second-order valence-corrected chi connectivity index (χ2v) is 7.63. The van der Waals surface area contributed by atoms with Crippen molar-refractivity contribution in [3.63, 3.8) is 0 Å². The highest BCUT2D eigenvalue weighted by Crippen LogP contribution is 2.34. The molecule has 2 saturated heterocycles. The van der Waals surface area contributed by atoms with Crippen LogP contribution in [0.2, 0.25) is 0 Å². The van der Waals surface area contributed by atoms with Crippen molar-refractivity contribution < 1.29 is 0 Å². The van der Waals surface area contributed by atoms with Gasteiger partial charge >= 0.3 is 0 Å². The van der Waals surface area contributed by atoms with E-state index in [1.165, 1.54) is 0 Å².